The zero-order valence-corrected chi connectivity index (χ0v) is 10.0. The predicted molar refractivity (Wildman–Crippen MR) is 67.9 cm³/mol. The maximum atomic E-state index is 5.67. The van der Waals surface area contributed by atoms with Gasteiger partial charge in [-0.15, -0.1) is 0 Å². The van der Waals surface area contributed by atoms with Crippen LogP contribution >= 0.6 is 0 Å². The van der Waals surface area contributed by atoms with Crippen molar-refractivity contribution in [3.63, 3.8) is 0 Å². The van der Waals surface area contributed by atoms with Gasteiger partial charge < -0.3 is 10.6 Å². The molecule has 5 nitrogen and oxygen atoms in total. The Morgan fingerprint density at radius 1 is 1.18 bits per heavy atom. The van der Waals surface area contributed by atoms with E-state index >= 15 is 0 Å². The average Bonchev–Trinajstić information content (AvgIpc) is 3.00. The lowest BCUT2D eigenvalue weighted by molar-refractivity contribution is 0.260. The van der Waals surface area contributed by atoms with Gasteiger partial charge in [-0.3, -0.25) is 9.88 Å². The Morgan fingerprint density at radius 3 is 2.76 bits per heavy atom. The number of aromatic nitrogens is 2. The van der Waals surface area contributed by atoms with Gasteiger partial charge >= 0.3 is 0 Å². The minimum absolute atomic E-state index is 0.507. The fraction of sp³-hybridized carbons (Fsp3) is 0.667. The van der Waals surface area contributed by atoms with Crippen molar-refractivity contribution >= 4 is 11.6 Å². The van der Waals surface area contributed by atoms with Gasteiger partial charge in [0, 0.05) is 19.1 Å². The molecule has 1 aromatic rings. The Kier molecular flexibility index (Phi) is 2.84. The minimum atomic E-state index is 0.507. The molecule has 2 aliphatic rings. The van der Waals surface area contributed by atoms with Crippen LogP contribution in [0.25, 0.3) is 0 Å². The summed E-state index contributed by atoms with van der Waals surface area (Å²) in [5, 5.41) is 0. The fourth-order valence-electron chi connectivity index (χ4n) is 2.88. The first-order chi connectivity index (χ1) is 8.33. The van der Waals surface area contributed by atoms with Crippen LogP contribution < -0.4 is 10.6 Å². The largest absolute Gasteiger partial charge is 0.382 e. The third-order valence-corrected chi connectivity index (χ3v) is 3.78. The standard InChI is InChI=1S/C12H19N5/c13-11-7-14-8-12(15-11)17-6-3-10(9-17)16-4-1-2-5-16/h7-8,10H,1-6,9H2,(H2,13,15). The van der Waals surface area contributed by atoms with Crippen molar-refractivity contribution in [1.29, 1.82) is 0 Å². The summed E-state index contributed by atoms with van der Waals surface area (Å²) in [5.74, 6) is 1.43. The van der Waals surface area contributed by atoms with E-state index in [-0.39, 0.29) is 0 Å². The van der Waals surface area contributed by atoms with Crippen molar-refractivity contribution in [2.24, 2.45) is 0 Å². The van der Waals surface area contributed by atoms with Crippen molar-refractivity contribution in [2.45, 2.75) is 25.3 Å². The van der Waals surface area contributed by atoms with E-state index in [1.807, 2.05) is 6.20 Å². The molecule has 3 heterocycles. The second-order valence-corrected chi connectivity index (χ2v) is 4.93. The molecule has 2 aliphatic heterocycles. The van der Waals surface area contributed by atoms with Gasteiger partial charge in [0.15, 0.2) is 0 Å². The van der Waals surface area contributed by atoms with Gasteiger partial charge in [0.25, 0.3) is 0 Å². The molecule has 2 N–H and O–H groups in total. The molecule has 0 saturated carbocycles. The highest BCUT2D eigenvalue weighted by Crippen LogP contribution is 2.23. The molecule has 17 heavy (non-hydrogen) atoms. The number of hydrogen-bond donors (Lipinski definition) is 1. The molecular formula is C12H19N5. The molecule has 0 amide bonds. The molecule has 1 unspecified atom stereocenters. The first-order valence-electron chi connectivity index (χ1n) is 6.39. The summed E-state index contributed by atoms with van der Waals surface area (Å²) in [5.41, 5.74) is 5.67. The van der Waals surface area contributed by atoms with Crippen LogP contribution in [0.4, 0.5) is 11.6 Å². The summed E-state index contributed by atoms with van der Waals surface area (Å²) in [7, 11) is 0. The molecule has 0 aliphatic carbocycles. The highest BCUT2D eigenvalue weighted by atomic mass is 15.3. The van der Waals surface area contributed by atoms with Crippen molar-refractivity contribution in [1.82, 2.24) is 14.9 Å². The second-order valence-electron chi connectivity index (χ2n) is 4.93. The van der Waals surface area contributed by atoms with Crippen LogP contribution in [0.3, 0.4) is 0 Å². The van der Waals surface area contributed by atoms with Gasteiger partial charge in [-0.1, -0.05) is 0 Å². The lowest BCUT2D eigenvalue weighted by Crippen LogP contribution is -2.35. The Balaban J connectivity index is 1.67. The van der Waals surface area contributed by atoms with Gasteiger partial charge in [0.1, 0.15) is 11.6 Å². The number of anilines is 2. The van der Waals surface area contributed by atoms with E-state index in [1.165, 1.54) is 32.4 Å². The van der Waals surface area contributed by atoms with Gasteiger partial charge in [-0.2, -0.15) is 0 Å². The molecule has 0 spiro atoms. The fourth-order valence-corrected chi connectivity index (χ4v) is 2.88. The third kappa shape index (κ3) is 2.20. The third-order valence-electron chi connectivity index (χ3n) is 3.78. The number of rotatable bonds is 2. The highest BCUT2D eigenvalue weighted by Gasteiger charge is 2.29. The van der Waals surface area contributed by atoms with Gasteiger partial charge in [-0.25, -0.2) is 4.98 Å². The average molecular weight is 233 g/mol. The van der Waals surface area contributed by atoms with Crippen LogP contribution in [0.2, 0.25) is 0 Å². The van der Waals surface area contributed by atoms with Crippen LogP contribution in [0.1, 0.15) is 19.3 Å². The van der Waals surface area contributed by atoms with E-state index in [2.05, 4.69) is 19.8 Å². The van der Waals surface area contributed by atoms with E-state index in [9.17, 15) is 0 Å². The van der Waals surface area contributed by atoms with Crippen LogP contribution in [0.15, 0.2) is 12.4 Å². The van der Waals surface area contributed by atoms with Gasteiger partial charge in [-0.05, 0) is 32.4 Å². The molecule has 2 fully saturated rings. The molecule has 0 aromatic carbocycles. The number of nitrogens with two attached hydrogens (primary N) is 1. The van der Waals surface area contributed by atoms with Crippen molar-refractivity contribution < 1.29 is 0 Å². The van der Waals surface area contributed by atoms with Crippen LogP contribution in [0.5, 0.6) is 0 Å². The van der Waals surface area contributed by atoms with Crippen LogP contribution in [-0.4, -0.2) is 47.1 Å². The van der Waals surface area contributed by atoms with Crippen molar-refractivity contribution in [3.05, 3.63) is 12.4 Å². The smallest absolute Gasteiger partial charge is 0.149 e. The molecule has 92 valence electrons. The van der Waals surface area contributed by atoms with Crippen LogP contribution in [0, 0.1) is 0 Å². The Morgan fingerprint density at radius 2 is 2.00 bits per heavy atom. The number of likely N-dealkylation sites (tertiary alicyclic amines) is 1. The quantitative estimate of drug-likeness (QED) is 0.816. The summed E-state index contributed by atoms with van der Waals surface area (Å²) in [6, 6.07) is 0.695. The molecule has 1 aromatic heterocycles. The maximum absolute atomic E-state index is 5.67. The number of hydrogen-bond acceptors (Lipinski definition) is 5. The molecule has 5 heteroatoms. The van der Waals surface area contributed by atoms with E-state index in [4.69, 9.17) is 5.73 Å². The first kappa shape index (κ1) is 10.8. The summed E-state index contributed by atoms with van der Waals surface area (Å²) in [6.45, 7) is 4.67. The molecule has 0 radical (unpaired) electrons. The van der Waals surface area contributed by atoms with E-state index in [0.717, 1.165) is 18.9 Å². The highest BCUT2D eigenvalue weighted by molar-refractivity contribution is 5.42. The topological polar surface area (TPSA) is 58.3 Å². The lowest BCUT2D eigenvalue weighted by Gasteiger charge is -2.23. The molecule has 0 bridgehead atoms. The zero-order valence-electron chi connectivity index (χ0n) is 10.0. The van der Waals surface area contributed by atoms with Gasteiger partial charge in [0.05, 0.1) is 12.4 Å². The SMILES string of the molecule is Nc1cncc(N2CCC(N3CCCC3)C2)n1. The number of nitrogens with zero attached hydrogens (tertiary/aromatic N) is 4. The number of nitrogen functional groups attached to an aromatic ring is 1. The van der Waals surface area contributed by atoms with Crippen molar-refractivity contribution in [2.75, 3.05) is 36.8 Å². The summed E-state index contributed by atoms with van der Waals surface area (Å²) >= 11 is 0. The zero-order chi connectivity index (χ0) is 11.7. The van der Waals surface area contributed by atoms with Gasteiger partial charge in [0.2, 0.25) is 0 Å². The molecule has 2 saturated heterocycles. The van der Waals surface area contributed by atoms with E-state index in [0.29, 0.717) is 11.9 Å². The predicted octanol–water partition coefficient (Wildman–Crippen LogP) is 0.733. The van der Waals surface area contributed by atoms with E-state index < -0.39 is 0 Å². The van der Waals surface area contributed by atoms with Crippen LogP contribution in [-0.2, 0) is 0 Å². The molecular weight excluding hydrogens is 214 g/mol. The Bertz CT molecular complexity index is 388. The minimum Gasteiger partial charge on any atom is -0.382 e. The van der Waals surface area contributed by atoms with E-state index in [1.54, 1.807) is 6.20 Å². The van der Waals surface area contributed by atoms with Crippen molar-refractivity contribution in [3.8, 4) is 0 Å². The Hall–Kier alpha value is -1.36. The normalized spacial score (nSPS) is 25.6. The summed E-state index contributed by atoms with van der Waals surface area (Å²) < 4.78 is 0. The summed E-state index contributed by atoms with van der Waals surface area (Å²) in [6.07, 6.45) is 7.35. The molecule has 1 atom stereocenters. The first-order valence-corrected chi connectivity index (χ1v) is 6.39. The Labute approximate surface area is 102 Å². The molecule has 3 rings (SSSR count). The lowest BCUT2D eigenvalue weighted by atomic mass is 10.2. The monoisotopic (exact) mass is 233 g/mol. The maximum Gasteiger partial charge on any atom is 0.149 e. The second kappa shape index (κ2) is 4.49. The summed E-state index contributed by atoms with van der Waals surface area (Å²) in [4.78, 5) is 13.4.